The van der Waals surface area contributed by atoms with Gasteiger partial charge in [-0.3, -0.25) is 4.79 Å². The molecule has 0 aliphatic rings. The molecule has 0 aliphatic carbocycles. The number of benzene rings is 1. The van der Waals surface area contributed by atoms with Crippen LogP contribution < -0.4 is 9.64 Å². The van der Waals surface area contributed by atoms with Crippen molar-refractivity contribution in [1.29, 1.82) is 0 Å². The molecule has 0 aliphatic heterocycles. The predicted octanol–water partition coefficient (Wildman–Crippen LogP) is 2.79. The molecule has 1 aromatic rings. The molecule has 7 heteroatoms. The highest BCUT2D eigenvalue weighted by Gasteiger charge is 2.31. The average Bonchev–Trinajstić information content (AvgIpc) is 2.25. The lowest BCUT2D eigenvalue weighted by Gasteiger charge is -2.17. The normalized spacial score (nSPS) is 11.1. The van der Waals surface area contributed by atoms with Crippen molar-refractivity contribution in [3.63, 3.8) is 0 Å². The zero-order chi connectivity index (χ0) is 13.1. The molecule has 1 rings (SSSR count). The predicted molar refractivity (Wildman–Crippen MR) is 57.3 cm³/mol. The van der Waals surface area contributed by atoms with Crippen LogP contribution in [0, 0.1) is 0 Å². The monoisotopic (exact) mass is 267 g/mol. The van der Waals surface area contributed by atoms with Gasteiger partial charge in [0.15, 0.2) is 0 Å². The summed E-state index contributed by atoms with van der Waals surface area (Å²) >= 11 is 5.34. The second-order valence-corrected chi connectivity index (χ2v) is 3.40. The van der Waals surface area contributed by atoms with Gasteiger partial charge in [0.05, 0.1) is 0 Å². The first-order valence-electron chi connectivity index (χ1n) is 4.52. The summed E-state index contributed by atoms with van der Waals surface area (Å²) in [7, 11) is 1.41. The van der Waals surface area contributed by atoms with E-state index in [-0.39, 0.29) is 17.3 Å². The van der Waals surface area contributed by atoms with Gasteiger partial charge in [-0.2, -0.15) is 0 Å². The minimum atomic E-state index is -4.76. The Kier molecular flexibility index (Phi) is 4.22. The maximum atomic E-state index is 12.0. The van der Waals surface area contributed by atoms with Crippen molar-refractivity contribution in [2.75, 3.05) is 17.8 Å². The third kappa shape index (κ3) is 4.14. The molecule has 0 unspecified atom stereocenters. The van der Waals surface area contributed by atoms with Gasteiger partial charge in [0.1, 0.15) is 11.6 Å². The molecular formula is C10H9ClF3NO2. The van der Waals surface area contributed by atoms with Crippen LogP contribution in [0.15, 0.2) is 24.3 Å². The summed E-state index contributed by atoms with van der Waals surface area (Å²) in [6.45, 7) is 0. The SMILES string of the molecule is CN(C(=O)CCl)c1cccc(OC(F)(F)F)c1. The molecule has 0 spiro atoms. The van der Waals surface area contributed by atoms with E-state index in [1.54, 1.807) is 0 Å². The van der Waals surface area contributed by atoms with Crippen LogP contribution in [0.25, 0.3) is 0 Å². The summed E-state index contributed by atoms with van der Waals surface area (Å²) in [5, 5.41) is 0. The topological polar surface area (TPSA) is 29.5 Å². The van der Waals surface area contributed by atoms with Crippen molar-refractivity contribution in [3.8, 4) is 5.75 Å². The first kappa shape index (κ1) is 13.6. The maximum absolute atomic E-state index is 12.0. The van der Waals surface area contributed by atoms with Crippen LogP contribution in [0.5, 0.6) is 5.75 Å². The number of nitrogens with zero attached hydrogens (tertiary/aromatic N) is 1. The summed E-state index contributed by atoms with van der Waals surface area (Å²) in [4.78, 5) is 12.4. The molecule has 94 valence electrons. The lowest BCUT2D eigenvalue weighted by molar-refractivity contribution is -0.274. The van der Waals surface area contributed by atoms with Crippen LogP contribution in [0.3, 0.4) is 0 Å². The Balaban J connectivity index is 2.89. The minimum absolute atomic E-state index is 0.249. The number of carbonyl (C=O) groups is 1. The van der Waals surface area contributed by atoms with Crippen LogP contribution in [-0.2, 0) is 4.79 Å². The van der Waals surface area contributed by atoms with Crippen LogP contribution in [-0.4, -0.2) is 25.2 Å². The Morgan fingerprint density at radius 3 is 2.65 bits per heavy atom. The number of rotatable bonds is 3. The molecule has 0 bridgehead atoms. The number of hydrogen-bond acceptors (Lipinski definition) is 2. The number of carbonyl (C=O) groups excluding carboxylic acids is 1. The fourth-order valence-electron chi connectivity index (χ4n) is 1.12. The number of ether oxygens (including phenoxy) is 1. The van der Waals surface area contributed by atoms with Crippen LogP contribution in [0.4, 0.5) is 18.9 Å². The largest absolute Gasteiger partial charge is 0.573 e. The first-order chi connectivity index (χ1) is 7.83. The fourth-order valence-corrected chi connectivity index (χ4v) is 1.30. The minimum Gasteiger partial charge on any atom is -0.406 e. The lowest BCUT2D eigenvalue weighted by atomic mass is 10.3. The van der Waals surface area contributed by atoms with Crippen molar-refractivity contribution >= 4 is 23.2 Å². The molecule has 0 fully saturated rings. The summed E-state index contributed by atoms with van der Waals surface area (Å²) < 4.78 is 39.7. The average molecular weight is 268 g/mol. The molecule has 1 amide bonds. The molecule has 0 heterocycles. The van der Waals surface area contributed by atoms with E-state index >= 15 is 0 Å². The van der Waals surface area contributed by atoms with Gasteiger partial charge in [0.25, 0.3) is 0 Å². The highest BCUT2D eigenvalue weighted by atomic mass is 35.5. The van der Waals surface area contributed by atoms with E-state index in [2.05, 4.69) is 4.74 Å². The van der Waals surface area contributed by atoms with Gasteiger partial charge in [-0.1, -0.05) is 6.07 Å². The molecule has 0 saturated carbocycles. The first-order valence-corrected chi connectivity index (χ1v) is 5.05. The second-order valence-electron chi connectivity index (χ2n) is 3.13. The number of anilines is 1. The van der Waals surface area contributed by atoms with Crippen molar-refractivity contribution < 1.29 is 22.7 Å². The van der Waals surface area contributed by atoms with E-state index < -0.39 is 12.3 Å². The van der Waals surface area contributed by atoms with E-state index in [4.69, 9.17) is 11.6 Å². The molecule has 0 aromatic heterocycles. The van der Waals surface area contributed by atoms with Crippen molar-refractivity contribution in [3.05, 3.63) is 24.3 Å². The van der Waals surface area contributed by atoms with Gasteiger partial charge in [-0.25, -0.2) is 0 Å². The zero-order valence-electron chi connectivity index (χ0n) is 8.79. The van der Waals surface area contributed by atoms with Gasteiger partial charge in [0, 0.05) is 18.8 Å². The highest BCUT2D eigenvalue weighted by Crippen LogP contribution is 2.26. The Labute approximate surface area is 101 Å². The highest BCUT2D eigenvalue weighted by molar-refractivity contribution is 6.29. The van der Waals surface area contributed by atoms with E-state index in [1.165, 1.54) is 19.2 Å². The maximum Gasteiger partial charge on any atom is 0.573 e. The van der Waals surface area contributed by atoms with Gasteiger partial charge in [-0.15, -0.1) is 24.8 Å². The standard InChI is InChI=1S/C10H9ClF3NO2/c1-15(9(16)6-11)7-3-2-4-8(5-7)17-10(12,13)14/h2-5H,6H2,1H3. The zero-order valence-corrected chi connectivity index (χ0v) is 9.55. The number of alkyl halides is 4. The number of hydrogen-bond donors (Lipinski definition) is 0. The van der Waals surface area contributed by atoms with E-state index in [9.17, 15) is 18.0 Å². The van der Waals surface area contributed by atoms with Crippen LogP contribution >= 0.6 is 11.6 Å². The number of halogens is 4. The quantitative estimate of drug-likeness (QED) is 0.788. The smallest absolute Gasteiger partial charge is 0.406 e. The Morgan fingerprint density at radius 2 is 2.12 bits per heavy atom. The molecule has 17 heavy (non-hydrogen) atoms. The third-order valence-electron chi connectivity index (χ3n) is 1.93. The summed E-state index contributed by atoms with van der Waals surface area (Å²) in [5.74, 6) is -1.05. The molecular weight excluding hydrogens is 259 g/mol. The number of amides is 1. The van der Waals surface area contributed by atoms with Gasteiger partial charge in [0.2, 0.25) is 5.91 Å². The Hall–Kier alpha value is -1.43. The van der Waals surface area contributed by atoms with E-state index in [1.807, 2.05) is 0 Å². The summed E-state index contributed by atoms with van der Waals surface area (Å²) in [6, 6.07) is 5.09. The van der Waals surface area contributed by atoms with E-state index in [0.29, 0.717) is 0 Å². The van der Waals surface area contributed by atoms with Crippen LogP contribution in [0.2, 0.25) is 0 Å². The Bertz CT molecular complexity index is 409. The molecule has 0 atom stereocenters. The van der Waals surface area contributed by atoms with E-state index in [0.717, 1.165) is 17.0 Å². The molecule has 1 aromatic carbocycles. The van der Waals surface area contributed by atoms with Gasteiger partial charge in [-0.05, 0) is 12.1 Å². The van der Waals surface area contributed by atoms with Crippen molar-refractivity contribution in [2.24, 2.45) is 0 Å². The molecule has 0 N–H and O–H groups in total. The summed E-state index contributed by atoms with van der Waals surface area (Å²) in [6.07, 6.45) is -4.76. The summed E-state index contributed by atoms with van der Waals surface area (Å²) in [5.41, 5.74) is 0.275. The van der Waals surface area contributed by atoms with Gasteiger partial charge >= 0.3 is 6.36 Å². The second kappa shape index (κ2) is 5.27. The fraction of sp³-hybridized carbons (Fsp3) is 0.300. The molecule has 3 nitrogen and oxygen atoms in total. The molecule has 0 saturated heterocycles. The molecule has 0 radical (unpaired) electrons. The third-order valence-corrected chi connectivity index (χ3v) is 2.16. The van der Waals surface area contributed by atoms with Crippen LogP contribution in [0.1, 0.15) is 0 Å². The lowest BCUT2D eigenvalue weighted by Crippen LogP contribution is -2.27. The Morgan fingerprint density at radius 1 is 1.47 bits per heavy atom. The van der Waals surface area contributed by atoms with Gasteiger partial charge < -0.3 is 9.64 Å². The van der Waals surface area contributed by atoms with Crippen molar-refractivity contribution in [1.82, 2.24) is 0 Å². The van der Waals surface area contributed by atoms with Crippen molar-refractivity contribution in [2.45, 2.75) is 6.36 Å².